The Morgan fingerprint density at radius 2 is 1.79 bits per heavy atom. The van der Waals surface area contributed by atoms with E-state index in [9.17, 15) is 13.9 Å². The van der Waals surface area contributed by atoms with Gasteiger partial charge in [-0.25, -0.2) is 17.6 Å². The Morgan fingerprint density at radius 1 is 1.08 bits per heavy atom. The lowest BCUT2D eigenvalue weighted by atomic mass is 9.91. The van der Waals surface area contributed by atoms with Gasteiger partial charge < -0.3 is 19.6 Å². The second kappa shape index (κ2) is 12.2. The predicted molar refractivity (Wildman–Crippen MR) is 193 cm³/mol. The minimum absolute atomic E-state index is 0.0378. The number of hydrogen-bond acceptors (Lipinski definition) is 8. The number of piperazine rings is 1. The molecule has 5 aromatic rings. The first kappa shape index (κ1) is 34.4. The van der Waals surface area contributed by atoms with Crippen LogP contribution < -0.4 is 9.64 Å². The molecular formula is C39H41F4N7O2. The van der Waals surface area contributed by atoms with Crippen LogP contribution in [0.2, 0.25) is 0 Å². The van der Waals surface area contributed by atoms with Gasteiger partial charge in [0.25, 0.3) is 5.92 Å². The number of nitrogens with zero attached hydrogens (tertiary/aromatic N) is 7. The van der Waals surface area contributed by atoms with Crippen molar-refractivity contribution in [3.05, 3.63) is 47.7 Å². The summed E-state index contributed by atoms with van der Waals surface area (Å²) in [5.74, 6) is -1.24. The van der Waals surface area contributed by atoms with Crippen molar-refractivity contribution in [2.24, 2.45) is 18.4 Å². The lowest BCUT2D eigenvalue weighted by molar-refractivity contribution is 0.0288. The highest BCUT2D eigenvalue weighted by molar-refractivity contribution is 6.18. The first-order valence-corrected chi connectivity index (χ1v) is 17.6. The average molecular weight is 716 g/mol. The highest BCUT2D eigenvalue weighted by Crippen LogP contribution is 2.60. The standard InChI is InChI=1S/C39H41F4N7O2/c1-7-26-29(40)11-8-22-12-25(51)13-27(30(22)26)31-33(41)35-32(28-17-48(6)46-34(28)31)36(50-23-9-10-24(50)16-49(15-23)14-21(2)3)45-37(44-35)52-20-38(19-47(4)5)18-39(38,42)43/h1,8,11-13,17,21,23-24,51H,9-10,14-16,18-20H2,2-6H3/t23?,24?,38-/m1/s1. The third-order valence-corrected chi connectivity index (χ3v) is 10.8. The van der Waals surface area contributed by atoms with E-state index >= 15 is 8.78 Å². The molecule has 4 heterocycles. The van der Waals surface area contributed by atoms with E-state index < -0.39 is 23.0 Å². The number of ether oxygens (including phenoxy) is 1. The van der Waals surface area contributed by atoms with E-state index in [1.54, 1.807) is 36.9 Å². The third-order valence-electron chi connectivity index (χ3n) is 10.8. The highest BCUT2D eigenvalue weighted by Gasteiger charge is 2.71. The number of hydrogen-bond donors (Lipinski definition) is 1. The molecule has 52 heavy (non-hydrogen) atoms. The van der Waals surface area contributed by atoms with Crippen LogP contribution in [0.5, 0.6) is 11.8 Å². The normalized spacial score (nSPS) is 22.7. The van der Waals surface area contributed by atoms with Gasteiger partial charge in [0.05, 0.1) is 16.4 Å². The molecule has 0 radical (unpaired) electrons. The molecule has 3 aliphatic rings. The van der Waals surface area contributed by atoms with Crippen molar-refractivity contribution >= 4 is 38.4 Å². The van der Waals surface area contributed by atoms with Crippen LogP contribution in [-0.4, -0.2) is 99.5 Å². The molecule has 3 atom stereocenters. The summed E-state index contributed by atoms with van der Waals surface area (Å²) >= 11 is 0. The molecule has 3 aromatic carbocycles. The zero-order valence-electron chi connectivity index (χ0n) is 29.9. The zero-order chi connectivity index (χ0) is 36.9. The van der Waals surface area contributed by atoms with Crippen LogP contribution in [0.1, 0.15) is 38.7 Å². The van der Waals surface area contributed by atoms with E-state index in [1.165, 1.54) is 24.3 Å². The van der Waals surface area contributed by atoms with Crippen LogP contribution in [-0.2, 0) is 7.05 Å². The van der Waals surface area contributed by atoms with Gasteiger partial charge >= 0.3 is 6.01 Å². The molecule has 8 rings (SSSR count). The summed E-state index contributed by atoms with van der Waals surface area (Å²) in [5, 5.41) is 17.1. The first-order chi connectivity index (χ1) is 24.7. The number of alkyl halides is 2. The van der Waals surface area contributed by atoms with E-state index in [2.05, 4.69) is 34.6 Å². The Labute approximate surface area is 299 Å². The number of phenolic OH excluding ortho intramolecular Hbond substituents is 1. The van der Waals surface area contributed by atoms with E-state index in [4.69, 9.17) is 21.2 Å². The van der Waals surface area contributed by atoms with E-state index in [0.29, 0.717) is 27.9 Å². The van der Waals surface area contributed by atoms with Crippen molar-refractivity contribution in [1.29, 1.82) is 0 Å². The van der Waals surface area contributed by atoms with Gasteiger partial charge in [-0.3, -0.25) is 9.58 Å². The molecule has 1 aliphatic carbocycles. The summed E-state index contributed by atoms with van der Waals surface area (Å²) in [4.78, 5) is 15.9. The van der Waals surface area contributed by atoms with Gasteiger partial charge in [0.2, 0.25) is 0 Å². The minimum Gasteiger partial charge on any atom is -0.508 e. The smallest absolute Gasteiger partial charge is 0.319 e. The van der Waals surface area contributed by atoms with Crippen LogP contribution in [0.25, 0.3) is 43.7 Å². The van der Waals surface area contributed by atoms with Gasteiger partial charge in [-0.05, 0) is 62.0 Å². The molecule has 0 amide bonds. The third kappa shape index (κ3) is 5.49. The van der Waals surface area contributed by atoms with Gasteiger partial charge in [0.15, 0.2) is 5.82 Å². The van der Waals surface area contributed by atoms with E-state index in [-0.39, 0.29) is 76.5 Å². The molecule has 9 nitrogen and oxygen atoms in total. The monoisotopic (exact) mass is 715 g/mol. The van der Waals surface area contributed by atoms with Gasteiger partial charge in [0.1, 0.15) is 35.0 Å². The van der Waals surface area contributed by atoms with Crippen LogP contribution in [0.3, 0.4) is 0 Å². The summed E-state index contributed by atoms with van der Waals surface area (Å²) in [6, 6.07) is 5.39. The molecule has 1 saturated carbocycles. The quantitative estimate of drug-likeness (QED) is 0.136. The summed E-state index contributed by atoms with van der Waals surface area (Å²) in [7, 11) is 5.18. The summed E-state index contributed by atoms with van der Waals surface area (Å²) in [5.41, 5.74) is -1.26. The zero-order valence-corrected chi connectivity index (χ0v) is 29.9. The molecule has 2 bridgehead atoms. The Kier molecular flexibility index (Phi) is 8.08. The molecule has 1 N–H and O–H groups in total. The van der Waals surface area contributed by atoms with Crippen molar-refractivity contribution in [1.82, 2.24) is 29.5 Å². The molecular weight excluding hydrogens is 674 g/mol. The molecule has 2 saturated heterocycles. The van der Waals surface area contributed by atoms with Gasteiger partial charge in [0, 0.05) is 74.3 Å². The maximum absolute atomic E-state index is 17.6. The fourth-order valence-electron chi connectivity index (χ4n) is 8.74. The lowest BCUT2D eigenvalue weighted by Crippen LogP contribution is -2.54. The topological polar surface area (TPSA) is 82.8 Å². The van der Waals surface area contributed by atoms with Gasteiger partial charge in [-0.15, -0.1) is 6.42 Å². The number of halogens is 4. The van der Waals surface area contributed by atoms with Crippen molar-refractivity contribution in [2.75, 3.05) is 51.8 Å². The molecule has 2 aromatic heterocycles. The van der Waals surface area contributed by atoms with Crippen molar-refractivity contribution in [3.8, 4) is 35.2 Å². The Bertz CT molecular complexity index is 2290. The second-order valence-electron chi connectivity index (χ2n) is 15.6. The number of anilines is 1. The maximum Gasteiger partial charge on any atom is 0.319 e. The number of terminal acetylenes is 1. The lowest BCUT2D eigenvalue weighted by Gasteiger charge is -2.42. The molecule has 13 heteroatoms. The van der Waals surface area contributed by atoms with Crippen molar-refractivity contribution in [2.45, 2.75) is 51.1 Å². The molecule has 2 aliphatic heterocycles. The van der Waals surface area contributed by atoms with Crippen molar-refractivity contribution in [3.63, 3.8) is 0 Å². The van der Waals surface area contributed by atoms with E-state index in [0.717, 1.165) is 32.5 Å². The number of phenols is 1. The number of fused-ring (bicyclic) bond motifs is 6. The number of aromatic nitrogens is 4. The van der Waals surface area contributed by atoms with Crippen molar-refractivity contribution < 1.29 is 27.4 Å². The van der Waals surface area contributed by atoms with Crippen LogP contribution in [0.15, 0.2) is 30.5 Å². The first-order valence-electron chi connectivity index (χ1n) is 17.6. The Balaban J connectivity index is 1.38. The number of aryl methyl sites for hydroxylation is 1. The number of aromatic hydroxyl groups is 1. The fraction of sp³-hybridized carbons (Fsp3) is 0.462. The number of likely N-dealkylation sites (tertiary alicyclic amines) is 1. The Hall–Kier alpha value is -4.67. The summed E-state index contributed by atoms with van der Waals surface area (Å²) < 4.78 is 70.1. The van der Waals surface area contributed by atoms with Gasteiger partial charge in [-0.2, -0.15) is 15.1 Å². The second-order valence-corrected chi connectivity index (χ2v) is 15.6. The van der Waals surface area contributed by atoms with Crippen LogP contribution in [0, 0.1) is 35.3 Å². The van der Waals surface area contributed by atoms with E-state index in [1.807, 2.05) is 0 Å². The SMILES string of the molecule is C#Cc1c(F)ccc2cc(O)cc(-c3c(F)c4nc(OC[C@]5(CN(C)C)CC5(F)F)nc(N5C6CCC5CN(CC(C)C)C6)c4c4cn(C)nc34)c12. The molecule has 272 valence electrons. The minimum atomic E-state index is -2.93. The summed E-state index contributed by atoms with van der Waals surface area (Å²) in [6.45, 7) is 6.66. The summed E-state index contributed by atoms with van der Waals surface area (Å²) in [6.07, 6.45) is 9.03. The largest absolute Gasteiger partial charge is 0.508 e. The van der Waals surface area contributed by atoms with Crippen LogP contribution >= 0.6 is 0 Å². The predicted octanol–water partition coefficient (Wildman–Crippen LogP) is 6.58. The molecule has 3 fully saturated rings. The molecule has 2 unspecified atom stereocenters. The van der Waals surface area contributed by atoms with Crippen LogP contribution in [0.4, 0.5) is 23.4 Å². The molecule has 0 spiro atoms. The average Bonchev–Trinajstić information content (AvgIpc) is 3.26. The fourth-order valence-corrected chi connectivity index (χ4v) is 8.74. The maximum atomic E-state index is 17.6. The highest BCUT2D eigenvalue weighted by atomic mass is 19.3. The Morgan fingerprint density at radius 3 is 2.42 bits per heavy atom. The van der Waals surface area contributed by atoms with Gasteiger partial charge in [-0.1, -0.05) is 25.8 Å². The number of rotatable bonds is 9. The number of benzene rings is 3.